The van der Waals surface area contributed by atoms with Gasteiger partial charge in [0.25, 0.3) is 0 Å². The first-order valence-corrected chi connectivity index (χ1v) is 10.7. The van der Waals surface area contributed by atoms with Crippen LogP contribution >= 0.6 is 11.8 Å². The number of aromatic nitrogens is 1. The highest BCUT2D eigenvalue weighted by molar-refractivity contribution is 7.98. The molecule has 3 N–H and O–H groups in total. The molecule has 0 saturated carbocycles. The van der Waals surface area contributed by atoms with Crippen molar-refractivity contribution in [3.8, 4) is 0 Å². The third-order valence-corrected chi connectivity index (χ3v) is 5.23. The maximum atomic E-state index is 9.55. The van der Waals surface area contributed by atoms with E-state index in [0.29, 0.717) is 12.2 Å². The molecule has 2 heterocycles. The van der Waals surface area contributed by atoms with Gasteiger partial charge in [-0.3, -0.25) is 9.98 Å². The number of amidine groups is 1. The van der Waals surface area contributed by atoms with Crippen LogP contribution in [0.5, 0.6) is 0 Å². The number of aliphatic imine (C=N–C) groups is 1. The van der Waals surface area contributed by atoms with E-state index in [4.69, 9.17) is 15.2 Å². The number of carboxylic acid groups (broad SMARTS) is 2. The molecule has 1 aliphatic rings. The Hall–Kier alpha value is -3.65. The second-order valence-electron chi connectivity index (χ2n) is 6.45. The molecule has 158 valence electrons. The second-order valence-corrected chi connectivity index (χ2v) is 7.55. The summed E-state index contributed by atoms with van der Waals surface area (Å²) in [4.78, 5) is 28.2. The van der Waals surface area contributed by atoms with Crippen LogP contribution in [0.15, 0.2) is 77.9 Å². The van der Waals surface area contributed by atoms with Crippen LogP contribution in [0.25, 0.3) is 10.8 Å². The van der Waals surface area contributed by atoms with Gasteiger partial charge < -0.3 is 15.5 Å². The van der Waals surface area contributed by atoms with Crippen LogP contribution in [0, 0.1) is 0 Å². The molecule has 3 aromatic rings. The van der Waals surface area contributed by atoms with Gasteiger partial charge in [-0.2, -0.15) is 11.8 Å². The van der Waals surface area contributed by atoms with E-state index >= 15 is 0 Å². The number of nitrogens with one attached hydrogen (secondary N) is 1. The molecule has 31 heavy (non-hydrogen) atoms. The number of hydrogen-bond donors (Lipinski definition) is 3. The summed E-state index contributed by atoms with van der Waals surface area (Å²) in [5.41, 5.74) is 3.51. The Kier molecular flexibility index (Phi) is 7.78. The third kappa shape index (κ3) is 6.42. The third-order valence-electron chi connectivity index (χ3n) is 4.26. The lowest BCUT2D eigenvalue weighted by molar-refractivity contribution is -0.134. The van der Waals surface area contributed by atoms with E-state index in [0.717, 1.165) is 35.3 Å². The molecule has 0 radical (unpaired) electrons. The van der Waals surface area contributed by atoms with Gasteiger partial charge in [-0.25, -0.2) is 9.59 Å². The fourth-order valence-corrected chi connectivity index (χ4v) is 3.73. The number of pyridine rings is 1. The maximum Gasteiger partial charge on any atom is 0.328 e. The highest BCUT2D eigenvalue weighted by Crippen LogP contribution is 2.32. The molecule has 0 bridgehead atoms. The normalized spacial score (nSPS) is 13.1. The van der Waals surface area contributed by atoms with Crippen molar-refractivity contribution in [2.75, 3.05) is 17.6 Å². The van der Waals surface area contributed by atoms with Crippen LogP contribution in [0.4, 0.5) is 5.69 Å². The predicted molar refractivity (Wildman–Crippen MR) is 124 cm³/mol. The fourth-order valence-electron chi connectivity index (χ4n) is 2.99. The topological polar surface area (TPSA) is 112 Å². The van der Waals surface area contributed by atoms with Gasteiger partial charge in [0.1, 0.15) is 5.84 Å². The quantitative estimate of drug-likeness (QED) is 0.379. The van der Waals surface area contributed by atoms with E-state index in [1.54, 1.807) is 0 Å². The lowest BCUT2D eigenvalue weighted by atomic mass is 10.1. The van der Waals surface area contributed by atoms with Crippen molar-refractivity contribution < 1.29 is 19.8 Å². The highest BCUT2D eigenvalue weighted by atomic mass is 32.2. The molecule has 0 unspecified atom stereocenters. The van der Waals surface area contributed by atoms with E-state index in [2.05, 4.69) is 52.8 Å². The van der Waals surface area contributed by atoms with Gasteiger partial charge in [0.15, 0.2) is 0 Å². The number of nitrogens with zero attached hydrogens (tertiary/aromatic N) is 2. The average molecular weight is 436 g/mol. The Labute approximate surface area is 183 Å². The Morgan fingerprint density at radius 2 is 1.74 bits per heavy atom. The molecule has 4 rings (SSSR count). The average Bonchev–Trinajstić information content (AvgIpc) is 3.13. The zero-order chi connectivity index (χ0) is 22.1. The highest BCUT2D eigenvalue weighted by Gasteiger charge is 2.18. The lowest BCUT2D eigenvalue weighted by Crippen LogP contribution is -2.08. The smallest absolute Gasteiger partial charge is 0.328 e. The molecule has 1 aromatic heterocycles. The maximum absolute atomic E-state index is 9.55. The second kappa shape index (κ2) is 10.9. The van der Waals surface area contributed by atoms with Crippen LogP contribution in [-0.4, -0.2) is 45.3 Å². The van der Waals surface area contributed by atoms with E-state index in [1.165, 1.54) is 16.3 Å². The van der Waals surface area contributed by atoms with Crippen LogP contribution in [0.2, 0.25) is 0 Å². The summed E-state index contributed by atoms with van der Waals surface area (Å²) in [5, 5.41) is 21.6. The van der Waals surface area contributed by atoms with Gasteiger partial charge in [-0.05, 0) is 23.6 Å². The first-order chi connectivity index (χ1) is 15.0. The van der Waals surface area contributed by atoms with Crippen LogP contribution in [0.3, 0.4) is 0 Å². The molecule has 0 atom stereocenters. The van der Waals surface area contributed by atoms with Crippen molar-refractivity contribution >= 4 is 46.0 Å². The zero-order valence-corrected chi connectivity index (χ0v) is 17.4. The fraction of sp³-hybridized carbons (Fsp3) is 0.130. The van der Waals surface area contributed by atoms with Crippen molar-refractivity contribution in [3.63, 3.8) is 0 Å². The van der Waals surface area contributed by atoms with Gasteiger partial charge in [0.2, 0.25) is 0 Å². The van der Waals surface area contributed by atoms with Crippen LogP contribution < -0.4 is 5.32 Å². The SMILES string of the molecule is O=C(O)/C=C/C(=O)O.c1ccc(CSCCN=C2Nc3cccc4cccc2c34)nc1. The summed E-state index contributed by atoms with van der Waals surface area (Å²) in [6, 6.07) is 18.8. The van der Waals surface area contributed by atoms with Crippen molar-refractivity contribution in [2.24, 2.45) is 4.99 Å². The van der Waals surface area contributed by atoms with Crippen LogP contribution in [0.1, 0.15) is 11.3 Å². The molecule has 8 heteroatoms. The molecule has 7 nitrogen and oxygen atoms in total. The minimum Gasteiger partial charge on any atom is -0.478 e. The van der Waals surface area contributed by atoms with Crippen molar-refractivity contribution in [1.29, 1.82) is 0 Å². The van der Waals surface area contributed by atoms with Crippen molar-refractivity contribution in [2.45, 2.75) is 5.75 Å². The number of carboxylic acids is 2. The van der Waals surface area contributed by atoms with Crippen molar-refractivity contribution in [1.82, 2.24) is 4.98 Å². The first-order valence-electron chi connectivity index (χ1n) is 9.50. The van der Waals surface area contributed by atoms with Gasteiger partial charge in [0, 0.05) is 46.5 Å². The molecule has 0 amide bonds. The Bertz CT molecular complexity index is 1110. The summed E-state index contributed by atoms with van der Waals surface area (Å²) in [5.74, 6) is 0.415. The van der Waals surface area contributed by atoms with E-state index < -0.39 is 11.9 Å². The first kappa shape index (κ1) is 22.0. The minimum absolute atomic E-state index is 0.558. The number of benzene rings is 2. The molecular weight excluding hydrogens is 414 g/mol. The summed E-state index contributed by atoms with van der Waals surface area (Å²) in [6.07, 6.45) is 2.96. The number of hydrogen-bond acceptors (Lipinski definition) is 5. The molecule has 2 aromatic carbocycles. The van der Waals surface area contributed by atoms with Gasteiger partial charge in [0.05, 0.1) is 12.2 Å². The lowest BCUT2D eigenvalue weighted by Gasteiger charge is -2.02. The largest absolute Gasteiger partial charge is 0.478 e. The van der Waals surface area contributed by atoms with Gasteiger partial charge in [-0.15, -0.1) is 0 Å². The van der Waals surface area contributed by atoms with Crippen molar-refractivity contribution in [3.05, 3.63) is 84.2 Å². The van der Waals surface area contributed by atoms with E-state index in [1.807, 2.05) is 30.1 Å². The summed E-state index contributed by atoms with van der Waals surface area (Å²) < 4.78 is 0. The van der Waals surface area contributed by atoms with Crippen LogP contribution in [-0.2, 0) is 15.3 Å². The number of anilines is 1. The summed E-state index contributed by atoms with van der Waals surface area (Å²) in [7, 11) is 0. The molecule has 0 fully saturated rings. The molecular formula is C23H21N3O4S. The molecule has 0 aliphatic carbocycles. The number of carbonyl (C=O) groups is 2. The molecule has 0 saturated heterocycles. The monoisotopic (exact) mass is 435 g/mol. The summed E-state index contributed by atoms with van der Waals surface area (Å²) >= 11 is 1.87. The van der Waals surface area contributed by atoms with E-state index in [-0.39, 0.29) is 0 Å². The number of thioether (sulfide) groups is 1. The number of rotatable bonds is 7. The van der Waals surface area contributed by atoms with Gasteiger partial charge >= 0.3 is 11.9 Å². The number of aliphatic carboxylic acids is 2. The Morgan fingerprint density at radius 1 is 1.00 bits per heavy atom. The standard InChI is InChI=1S/C19H17N3S.C4H4O4/c1-2-10-20-15(7-1)13-23-12-11-21-19-16-8-3-5-14-6-4-9-17(22-19)18(14)16;5-3(6)1-2-4(7)8/h1-10H,11-13H2,(H,21,22);1-2H,(H,5,6)(H,7,8)/b;2-1+. The molecule has 1 aliphatic heterocycles. The van der Waals surface area contributed by atoms with Gasteiger partial charge in [-0.1, -0.05) is 36.4 Å². The Balaban J connectivity index is 0.000000293. The molecule has 0 spiro atoms. The van der Waals surface area contributed by atoms with E-state index in [9.17, 15) is 9.59 Å². The Morgan fingerprint density at radius 3 is 2.42 bits per heavy atom. The zero-order valence-electron chi connectivity index (χ0n) is 16.6. The minimum atomic E-state index is -1.26. The summed E-state index contributed by atoms with van der Waals surface area (Å²) in [6.45, 7) is 0.810. The predicted octanol–water partition coefficient (Wildman–Crippen LogP) is 4.05.